The van der Waals surface area contributed by atoms with Gasteiger partial charge >= 0.3 is 0 Å². The van der Waals surface area contributed by atoms with Crippen LogP contribution in [-0.4, -0.2) is 51.9 Å². The Morgan fingerprint density at radius 2 is 1.55 bits per heavy atom. The topological polar surface area (TPSA) is 62.2 Å². The van der Waals surface area contributed by atoms with E-state index >= 15 is 0 Å². The molecule has 0 radical (unpaired) electrons. The second kappa shape index (κ2) is 7.92. The molecule has 2 atom stereocenters. The number of carbonyl (C=O) groups excluding carboxylic acids is 1. The van der Waals surface area contributed by atoms with E-state index < -0.39 is 0 Å². The summed E-state index contributed by atoms with van der Waals surface area (Å²) in [5.41, 5.74) is 4.64. The van der Waals surface area contributed by atoms with Gasteiger partial charge in [-0.15, -0.1) is 11.3 Å². The van der Waals surface area contributed by atoms with Crippen molar-refractivity contribution < 1.29 is 4.79 Å². The molecular formula is C26H25N5OS. The Labute approximate surface area is 196 Å². The van der Waals surface area contributed by atoms with Crippen molar-refractivity contribution in [2.24, 2.45) is 11.8 Å². The van der Waals surface area contributed by atoms with E-state index in [9.17, 15) is 4.79 Å². The monoisotopic (exact) mass is 455 g/mol. The number of likely N-dealkylation sites (tertiary alicyclic amines) is 1. The lowest BCUT2D eigenvalue weighted by Crippen LogP contribution is -2.34. The van der Waals surface area contributed by atoms with Gasteiger partial charge in [0.15, 0.2) is 0 Å². The molecule has 6 rings (SSSR count). The van der Waals surface area contributed by atoms with Crippen molar-refractivity contribution >= 4 is 33.4 Å². The molecule has 2 aromatic heterocycles. The Morgan fingerprint density at radius 3 is 2.27 bits per heavy atom. The summed E-state index contributed by atoms with van der Waals surface area (Å²) in [5, 5.41) is 0.901. The summed E-state index contributed by atoms with van der Waals surface area (Å²) in [6, 6.07) is 18.0. The van der Waals surface area contributed by atoms with Gasteiger partial charge in [0, 0.05) is 60.5 Å². The third-order valence-corrected chi connectivity index (χ3v) is 7.78. The number of aryl methyl sites for hydroxylation is 2. The Balaban J connectivity index is 1.22. The predicted molar refractivity (Wildman–Crippen MR) is 132 cm³/mol. The van der Waals surface area contributed by atoms with Crippen molar-refractivity contribution in [3.63, 3.8) is 0 Å². The van der Waals surface area contributed by atoms with Crippen LogP contribution in [-0.2, 0) is 0 Å². The maximum atomic E-state index is 13.6. The van der Waals surface area contributed by atoms with Gasteiger partial charge in [-0.25, -0.2) is 15.0 Å². The number of thiazole rings is 1. The molecule has 2 aliphatic rings. The van der Waals surface area contributed by atoms with E-state index in [1.54, 1.807) is 11.3 Å². The number of benzene rings is 2. The molecule has 0 saturated carbocycles. The highest BCUT2D eigenvalue weighted by Gasteiger charge is 2.42. The van der Waals surface area contributed by atoms with Gasteiger partial charge in [0.05, 0.1) is 10.2 Å². The summed E-state index contributed by atoms with van der Waals surface area (Å²) in [6.45, 7) is 7.38. The van der Waals surface area contributed by atoms with Crippen LogP contribution >= 0.6 is 11.3 Å². The molecule has 33 heavy (non-hydrogen) atoms. The van der Waals surface area contributed by atoms with E-state index in [1.807, 2.05) is 67.3 Å². The average Bonchev–Trinajstić information content (AvgIpc) is 3.51. The van der Waals surface area contributed by atoms with Crippen molar-refractivity contribution in [3.05, 3.63) is 71.5 Å². The van der Waals surface area contributed by atoms with Gasteiger partial charge in [0.25, 0.3) is 5.91 Å². The van der Waals surface area contributed by atoms with Gasteiger partial charge in [0.2, 0.25) is 5.95 Å². The van der Waals surface area contributed by atoms with Crippen LogP contribution in [0.2, 0.25) is 0 Å². The summed E-state index contributed by atoms with van der Waals surface area (Å²) in [4.78, 5) is 32.0. The van der Waals surface area contributed by atoms with Gasteiger partial charge in [0.1, 0.15) is 5.01 Å². The highest BCUT2D eigenvalue weighted by molar-refractivity contribution is 7.21. The van der Waals surface area contributed by atoms with Gasteiger partial charge in [-0.1, -0.05) is 30.3 Å². The standard InChI is InChI=1S/C26H25N5OS/c1-16-11-17(2)28-26(27-16)31-14-18-12-30(13-19(18)15-31)25(32)21-8-4-3-7-20(21)24-29-22-9-5-6-10-23(22)33-24/h3-11,18-19H,12-15H2,1-2H3/t18-,19+. The van der Waals surface area contributed by atoms with Crippen LogP contribution in [0.5, 0.6) is 0 Å². The molecule has 7 heteroatoms. The first-order valence-electron chi connectivity index (χ1n) is 11.4. The van der Waals surface area contributed by atoms with Crippen molar-refractivity contribution in [3.8, 4) is 10.6 Å². The van der Waals surface area contributed by atoms with E-state index in [0.717, 1.165) is 69.9 Å². The first kappa shape index (κ1) is 20.3. The number of anilines is 1. The molecule has 2 saturated heterocycles. The van der Waals surface area contributed by atoms with Crippen LogP contribution in [0.4, 0.5) is 5.95 Å². The SMILES string of the molecule is Cc1cc(C)nc(N2C[C@H]3CN(C(=O)c4ccccc4-c4nc5ccccc5s4)C[C@H]3C2)n1. The minimum Gasteiger partial charge on any atom is -0.340 e. The fraction of sp³-hybridized carbons (Fsp3) is 0.308. The van der Waals surface area contributed by atoms with Crippen LogP contribution in [0.25, 0.3) is 20.8 Å². The molecule has 4 aromatic rings. The zero-order valence-electron chi connectivity index (χ0n) is 18.7. The third-order valence-electron chi connectivity index (χ3n) is 6.71. The van der Waals surface area contributed by atoms with Gasteiger partial charge in [-0.3, -0.25) is 4.79 Å². The van der Waals surface area contributed by atoms with E-state index in [4.69, 9.17) is 4.98 Å². The highest BCUT2D eigenvalue weighted by atomic mass is 32.1. The Bertz CT molecular complexity index is 1300. The largest absolute Gasteiger partial charge is 0.340 e. The number of amides is 1. The fourth-order valence-corrected chi connectivity index (χ4v) is 6.19. The first-order valence-corrected chi connectivity index (χ1v) is 12.2. The van der Waals surface area contributed by atoms with Crippen molar-refractivity contribution in [2.45, 2.75) is 13.8 Å². The molecule has 166 valence electrons. The summed E-state index contributed by atoms with van der Waals surface area (Å²) >= 11 is 1.64. The molecule has 2 aromatic carbocycles. The molecule has 0 spiro atoms. The number of hydrogen-bond acceptors (Lipinski definition) is 6. The summed E-state index contributed by atoms with van der Waals surface area (Å²) < 4.78 is 1.14. The molecule has 2 fully saturated rings. The molecule has 6 nitrogen and oxygen atoms in total. The highest BCUT2D eigenvalue weighted by Crippen LogP contribution is 2.36. The van der Waals surface area contributed by atoms with Crippen LogP contribution in [0.1, 0.15) is 21.7 Å². The first-order chi connectivity index (χ1) is 16.0. The molecule has 0 aliphatic carbocycles. The maximum Gasteiger partial charge on any atom is 0.254 e. The van der Waals surface area contributed by atoms with Crippen LogP contribution in [0.3, 0.4) is 0 Å². The van der Waals surface area contributed by atoms with Gasteiger partial charge < -0.3 is 9.80 Å². The second-order valence-corrected chi connectivity index (χ2v) is 10.1. The zero-order valence-corrected chi connectivity index (χ0v) is 19.5. The molecule has 0 unspecified atom stereocenters. The van der Waals surface area contributed by atoms with Crippen LogP contribution in [0.15, 0.2) is 54.6 Å². The normalized spacial score (nSPS) is 19.9. The predicted octanol–water partition coefficient (Wildman–Crippen LogP) is 4.58. The Morgan fingerprint density at radius 1 is 0.879 bits per heavy atom. The summed E-state index contributed by atoms with van der Waals surface area (Å²) in [7, 11) is 0. The van der Waals surface area contributed by atoms with Crippen molar-refractivity contribution in [1.29, 1.82) is 0 Å². The van der Waals surface area contributed by atoms with Crippen molar-refractivity contribution in [1.82, 2.24) is 19.9 Å². The van der Waals surface area contributed by atoms with Crippen LogP contribution in [0, 0.1) is 25.7 Å². The number of aromatic nitrogens is 3. The number of carbonyl (C=O) groups is 1. The smallest absolute Gasteiger partial charge is 0.254 e. The second-order valence-electron chi connectivity index (χ2n) is 9.12. The third kappa shape index (κ3) is 3.66. The quantitative estimate of drug-likeness (QED) is 0.453. The van der Waals surface area contributed by atoms with E-state index in [-0.39, 0.29) is 5.91 Å². The number of fused-ring (bicyclic) bond motifs is 2. The molecule has 4 heterocycles. The number of nitrogens with zero attached hydrogens (tertiary/aromatic N) is 5. The van der Waals surface area contributed by atoms with E-state index in [1.165, 1.54) is 0 Å². The maximum absolute atomic E-state index is 13.6. The number of hydrogen-bond donors (Lipinski definition) is 0. The lowest BCUT2D eigenvalue weighted by Gasteiger charge is -2.23. The van der Waals surface area contributed by atoms with Crippen molar-refractivity contribution in [2.75, 3.05) is 31.1 Å². The molecule has 1 amide bonds. The Kier molecular flexibility index (Phi) is 4.87. The van der Waals surface area contributed by atoms with E-state index in [2.05, 4.69) is 20.9 Å². The minimum absolute atomic E-state index is 0.105. The van der Waals surface area contributed by atoms with Crippen LogP contribution < -0.4 is 4.90 Å². The lowest BCUT2D eigenvalue weighted by atomic mass is 10.0. The minimum atomic E-state index is 0.105. The van der Waals surface area contributed by atoms with E-state index in [0.29, 0.717) is 11.8 Å². The average molecular weight is 456 g/mol. The lowest BCUT2D eigenvalue weighted by molar-refractivity contribution is 0.0783. The summed E-state index contributed by atoms with van der Waals surface area (Å²) in [5.74, 6) is 1.83. The molecule has 2 aliphatic heterocycles. The molecular weight excluding hydrogens is 430 g/mol. The molecule has 0 bridgehead atoms. The fourth-order valence-electron chi connectivity index (χ4n) is 5.18. The molecule has 0 N–H and O–H groups in total. The zero-order chi connectivity index (χ0) is 22.5. The summed E-state index contributed by atoms with van der Waals surface area (Å²) in [6.07, 6.45) is 0. The number of para-hydroxylation sites is 1. The van der Waals surface area contributed by atoms with Gasteiger partial charge in [-0.05, 0) is 38.1 Å². The number of rotatable bonds is 3. The Hall–Kier alpha value is -3.32. The van der Waals surface area contributed by atoms with Gasteiger partial charge in [-0.2, -0.15) is 0 Å².